The standard InChI is InChI=1S/C10H19N5/c1-14-10(7-12-13-14)8-15-5-3-2-4-9(15)6-11/h7,9H,2-6,8,11H2,1H3. The van der Waals surface area contributed by atoms with E-state index < -0.39 is 0 Å². The first-order valence-corrected chi connectivity index (χ1v) is 5.59. The van der Waals surface area contributed by atoms with E-state index in [1.807, 2.05) is 17.9 Å². The first-order chi connectivity index (χ1) is 7.31. The summed E-state index contributed by atoms with van der Waals surface area (Å²) < 4.78 is 1.84. The molecule has 0 radical (unpaired) electrons. The summed E-state index contributed by atoms with van der Waals surface area (Å²) in [6.07, 6.45) is 5.65. The predicted octanol–water partition coefficient (Wildman–Crippen LogP) is 0.128. The fourth-order valence-electron chi connectivity index (χ4n) is 2.20. The van der Waals surface area contributed by atoms with Crippen molar-refractivity contribution in [3.8, 4) is 0 Å². The quantitative estimate of drug-likeness (QED) is 0.768. The van der Waals surface area contributed by atoms with Crippen LogP contribution >= 0.6 is 0 Å². The van der Waals surface area contributed by atoms with Crippen LogP contribution in [0.3, 0.4) is 0 Å². The summed E-state index contributed by atoms with van der Waals surface area (Å²) in [7, 11) is 1.93. The van der Waals surface area contributed by atoms with Crippen molar-refractivity contribution in [2.45, 2.75) is 31.8 Å². The largest absolute Gasteiger partial charge is 0.329 e. The third-order valence-electron chi connectivity index (χ3n) is 3.19. The van der Waals surface area contributed by atoms with E-state index in [-0.39, 0.29) is 0 Å². The topological polar surface area (TPSA) is 60.0 Å². The molecule has 0 spiro atoms. The van der Waals surface area contributed by atoms with E-state index >= 15 is 0 Å². The van der Waals surface area contributed by atoms with Crippen LogP contribution in [-0.2, 0) is 13.6 Å². The van der Waals surface area contributed by atoms with E-state index in [2.05, 4.69) is 15.2 Å². The maximum atomic E-state index is 5.78. The summed E-state index contributed by atoms with van der Waals surface area (Å²) in [5.41, 5.74) is 6.94. The molecule has 1 aromatic heterocycles. The monoisotopic (exact) mass is 209 g/mol. The van der Waals surface area contributed by atoms with Crippen molar-refractivity contribution in [1.29, 1.82) is 0 Å². The van der Waals surface area contributed by atoms with E-state index in [4.69, 9.17) is 5.73 Å². The van der Waals surface area contributed by atoms with Crippen molar-refractivity contribution >= 4 is 0 Å². The summed E-state index contributed by atoms with van der Waals surface area (Å²) in [4.78, 5) is 2.45. The number of aromatic nitrogens is 3. The first-order valence-electron chi connectivity index (χ1n) is 5.59. The maximum absolute atomic E-state index is 5.78. The number of nitrogens with zero attached hydrogens (tertiary/aromatic N) is 4. The van der Waals surface area contributed by atoms with Crippen LogP contribution in [0.5, 0.6) is 0 Å². The summed E-state index contributed by atoms with van der Waals surface area (Å²) in [5, 5.41) is 7.83. The van der Waals surface area contributed by atoms with Gasteiger partial charge < -0.3 is 5.73 Å². The van der Waals surface area contributed by atoms with Crippen molar-refractivity contribution in [3.05, 3.63) is 11.9 Å². The molecule has 1 saturated heterocycles. The SMILES string of the molecule is Cn1nncc1CN1CCCCC1CN. The molecule has 2 heterocycles. The molecule has 1 unspecified atom stereocenters. The summed E-state index contributed by atoms with van der Waals surface area (Å²) in [5.74, 6) is 0. The molecule has 0 amide bonds. The molecule has 0 saturated carbocycles. The van der Waals surface area contributed by atoms with Crippen LogP contribution in [-0.4, -0.2) is 39.0 Å². The lowest BCUT2D eigenvalue weighted by atomic mass is 10.0. The number of rotatable bonds is 3. The Balaban J connectivity index is 2.00. The minimum atomic E-state index is 0.536. The van der Waals surface area contributed by atoms with E-state index in [9.17, 15) is 0 Å². The highest BCUT2D eigenvalue weighted by atomic mass is 15.4. The zero-order valence-electron chi connectivity index (χ0n) is 9.26. The average Bonchev–Trinajstić information content (AvgIpc) is 2.65. The van der Waals surface area contributed by atoms with Crippen molar-refractivity contribution < 1.29 is 0 Å². The molecule has 0 aliphatic carbocycles. The Hall–Kier alpha value is -0.940. The van der Waals surface area contributed by atoms with Crippen LogP contribution in [0.1, 0.15) is 25.0 Å². The second kappa shape index (κ2) is 4.72. The van der Waals surface area contributed by atoms with Gasteiger partial charge in [-0.15, -0.1) is 5.10 Å². The van der Waals surface area contributed by atoms with Gasteiger partial charge in [0.15, 0.2) is 0 Å². The van der Waals surface area contributed by atoms with Crippen molar-refractivity contribution in [2.75, 3.05) is 13.1 Å². The Labute approximate surface area is 90.2 Å². The van der Waals surface area contributed by atoms with Crippen LogP contribution < -0.4 is 5.73 Å². The average molecular weight is 209 g/mol. The minimum Gasteiger partial charge on any atom is -0.329 e. The minimum absolute atomic E-state index is 0.536. The van der Waals surface area contributed by atoms with Crippen molar-refractivity contribution in [3.63, 3.8) is 0 Å². The molecule has 1 fully saturated rings. The van der Waals surface area contributed by atoms with Gasteiger partial charge in [-0.2, -0.15) is 0 Å². The van der Waals surface area contributed by atoms with Gasteiger partial charge in [0.25, 0.3) is 0 Å². The van der Waals surface area contributed by atoms with Crippen LogP contribution in [0.15, 0.2) is 6.20 Å². The highest BCUT2D eigenvalue weighted by molar-refractivity contribution is 4.94. The number of hydrogen-bond acceptors (Lipinski definition) is 4. The number of aryl methyl sites for hydroxylation is 1. The third kappa shape index (κ3) is 2.35. The molecule has 1 atom stereocenters. The van der Waals surface area contributed by atoms with Gasteiger partial charge in [-0.25, -0.2) is 0 Å². The van der Waals surface area contributed by atoms with Gasteiger partial charge in [0.2, 0.25) is 0 Å². The highest BCUT2D eigenvalue weighted by Crippen LogP contribution is 2.18. The number of piperidine rings is 1. The van der Waals surface area contributed by atoms with Crippen LogP contribution in [0.2, 0.25) is 0 Å². The van der Waals surface area contributed by atoms with Gasteiger partial charge in [-0.05, 0) is 19.4 Å². The normalized spacial score (nSPS) is 23.2. The van der Waals surface area contributed by atoms with Gasteiger partial charge in [0.1, 0.15) is 0 Å². The summed E-state index contributed by atoms with van der Waals surface area (Å²) in [6.45, 7) is 2.82. The van der Waals surface area contributed by atoms with Gasteiger partial charge >= 0.3 is 0 Å². The fraction of sp³-hybridized carbons (Fsp3) is 0.800. The molecule has 5 nitrogen and oxygen atoms in total. The lowest BCUT2D eigenvalue weighted by molar-refractivity contribution is 0.141. The third-order valence-corrected chi connectivity index (χ3v) is 3.19. The van der Waals surface area contributed by atoms with Crippen LogP contribution in [0.4, 0.5) is 0 Å². The van der Waals surface area contributed by atoms with E-state index in [0.29, 0.717) is 6.04 Å². The zero-order valence-corrected chi connectivity index (χ0v) is 9.26. The second-order valence-electron chi connectivity index (χ2n) is 4.20. The van der Waals surface area contributed by atoms with Crippen molar-refractivity contribution in [2.24, 2.45) is 12.8 Å². The van der Waals surface area contributed by atoms with Gasteiger partial charge in [0, 0.05) is 26.2 Å². The Morgan fingerprint density at radius 1 is 1.53 bits per heavy atom. The zero-order chi connectivity index (χ0) is 10.7. The second-order valence-corrected chi connectivity index (χ2v) is 4.20. The molecule has 2 rings (SSSR count). The van der Waals surface area contributed by atoms with Crippen LogP contribution in [0.25, 0.3) is 0 Å². The fourth-order valence-corrected chi connectivity index (χ4v) is 2.20. The number of nitrogens with two attached hydrogens (primary N) is 1. The summed E-state index contributed by atoms with van der Waals surface area (Å²) >= 11 is 0. The number of hydrogen-bond donors (Lipinski definition) is 1. The van der Waals surface area contributed by atoms with Gasteiger partial charge in [0.05, 0.1) is 11.9 Å². The Kier molecular flexibility index (Phi) is 3.33. The van der Waals surface area contributed by atoms with Crippen molar-refractivity contribution in [1.82, 2.24) is 19.9 Å². The molecule has 5 heteroatoms. The Morgan fingerprint density at radius 2 is 2.40 bits per heavy atom. The molecule has 1 aliphatic heterocycles. The molecule has 15 heavy (non-hydrogen) atoms. The molecular formula is C10H19N5. The van der Waals surface area contributed by atoms with Gasteiger partial charge in [-0.1, -0.05) is 11.6 Å². The van der Waals surface area contributed by atoms with Crippen LogP contribution in [0, 0.1) is 0 Å². The molecular weight excluding hydrogens is 190 g/mol. The van der Waals surface area contributed by atoms with Gasteiger partial charge in [-0.3, -0.25) is 9.58 Å². The molecule has 2 N–H and O–H groups in total. The first kappa shape index (κ1) is 10.6. The van der Waals surface area contributed by atoms with E-state index in [0.717, 1.165) is 25.3 Å². The predicted molar refractivity (Wildman–Crippen MR) is 58.1 cm³/mol. The van der Waals surface area contributed by atoms with E-state index in [1.54, 1.807) is 0 Å². The van der Waals surface area contributed by atoms with E-state index in [1.165, 1.54) is 19.3 Å². The highest BCUT2D eigenvalue weighted by Gasteiger charge is 2.21. The molecule has 1 aliphatic rings. The molecule has 0 aromatic carbocycles. The Morgan fingerprint density at radius 3 is 3.07 bits per heavy atom. The molecule has 1 aromatic rings. The summed E-state index contributed by atoms with van der Waals surface area (Å²) in [6, 6.07) is 0.536. The molecule has 0 bridgehead atoms. The smallest absolute Gasteiger partial charge is 0.0738 e. The lowest BCUT2D eigenvalue weighted by Gasteiger charge is -2.34. The maximum Gasteiger partial charge on any atom is 0.0738 e. The number of likely N-dealkylation sites (tertiary alicyclic amines) is 1. The Bertz CT molecular complexity index is 309. The molecule has 84 valence electrons. The lowest BCUT2D eigenvalue weighted by Crippen LogP contribution is -2.43.